The highest BCUT2D eigenvalue weighted by atomic mass is 32.2. The van der Waals surface area contributed by atoms with Crippen molar-refractivity contribution in [1.82, 2.24) is 0 Å². The number of thioether (sulfide) groups is 1. The number of rotatable bonds is 8. The van der Waals surface area contributed by atoms with Crippen LogP contribution in [0.25, 0.3) is 0 Å². The lowest BCUT2D eigenvalue weighted by Crippen LogP contribution is -2.30. The second-order valence-electron chi connectivity index (χ2n) is 2.85. The van der Waals surface area contributed by atoms with E-state index in [1.807, 2.05) is 0 Å². The number of aliphatic imine (C=N–C) groups is 1. The average molecular weight is 237 g/mol. The smallest absolute Gasteiger partial charge is 0.320 e. The van der Waals surface area contributed by atoms with Crippen molar-refractivity contribution in [2.24, 2.45) is 16.5 Å². The van der Waals surface area contributed by atoms with E-state index in [9.17, 15) is 9.18 Å². The highest BCUT2D eigenvalue weighted by Gasteiger charge is 2.09. The third kappa shape index (κ3) is 8.19. The van der Waals surface area contributed by atoms with Crippen molar-refractivity contribution in [3.63, 3.8) is 0 Å². The van der Waals surface area contributed by atoms with Gasteiger partial charge in [-0.1, -0.05) is 0 Å². The molecule has 5 nitrogen and oxygen atoms in total. The highest BCUT2D eigenvalue weighted by molar-refractivity contribution is 7.99. The van der Waals surface area contributed by atoms with Gasteiger partial charge in [-0.3, -0.25) is 9.79 Å². The summed E-state index contributed by atoms with van der Waals surface area (Å²) in [5.74, 6) is 0.346. The molecule has 0 heterocycles. The van der Waals surface area contributed by atoms with Crippen LogP contribution >= 0.6 is 11.8 Å². The zero-order valence-corrected chi connectivity index (χ0v) is 9.17. The Hall–Kier alpha value is -0.820. The first-order valence-corrected chi connectivity index (χ1v) is 5.64. The van der Waals surface area contributed by atoms with Gasteiger partial charge in [0, 0.05) is 5.75 Å². The summed E-state index contributed by atoms with van der Waals surface area (Å²) >= 11 is 1.52. The number of amidine groups is 1. The second-order valence-corrected chi connectivity index (χ2v) is 4.08. The predicted molar refractivity (Wildman–Crippen MR) is 60.0 cm³/mol. The Morgan fingerprint density at radius 1 is 1.53 bits per heavy atom. The molecule has 0 aliphatic rings. The molecule has 88 valence electrons. The van der Waals surface area contributed by atoms with Crippen LogP contribution in [0.3, 0.4) is 0 Å². The van der Waals surface area contributed by atoms with E-state index in [4.69, 9.17) is 16.6 Å². The maximum absolute atomic E-state index is 11.8. The molecule has 0 saturated carbocycles. The number of carbonyl (C=O) groups is 1. The number of hydrogen-bond acceptors (Lipinski definition) is 4. The zero-order valence-electron chi connectivity index (χ0n) is 8.36. The number of nitrogens with zero attached hydrogens (tertiary/aromatic N) is 1. The fourth-order valence-electron chi connectivity index (χ4n) is 0.732. The van der Waals surface area contributed by atoms with Gasteiger partial charge in [0.25, 0.3) is 0 Å². The summed E-state index contributed by atoms with van der Waals surface area (Å²) in [6.07, 6.45) is 0.419. The third-order valence-corrected chi connectivity index (χ3v) is 2.57. The van der Waals surface area contributed by atoms with Crippen LogP contribution in [0.5, 0.6) is 0 Å². The molecule has 0 aromatic carbocycles. The van der Waals surface area contributed by atoms with Crippen molar-refractivity contribution in [2.75, 3.05) is 24.7 Å². The minimum atomic E-state index is -0.990. The Labute approximate surface area is 92.1 Å². The molecule has 0 rings (SSSR count). The van der Waals surface area contributed by atoms with E-state index in [0.29, 0.717) is 24.5 Å². The van der Waals surface area contributed by atoms with Gasteiger partial charge in [0.05, 0.1) is 6.54 Å². The molecular formula is C8H16FN3O2S. The molecule has 0 amide bonds. The van der Waals surface area contributed by atoms with Crippen LogP contribution in [-0.4, -0.2) is 47.7 Å². The van der Waals surface area contributed by atoms with Crippen LogP contribution in [0.2, 0.25) is 0 Å². The highest BCUT2D eigenvalue weighted by Crippen LogP contribution is 2.03. The molecule has 7 heteroatoms. The Balaban J connectivity index is 3.36. The quantitative estimate of drug-likeness (QED) is 0.309. The number of halogens is 1. The molecule has 0 saturated heterocycles. The van der Waals surface area contributed by atoms with Crippen molar-refractivity contribution in [3.8, 4) is 0 Å². The summed E-state index contributed by atoms with van der Waals surface area (Å²) in [6, 6.07) is -0.808. The molecule has 0 aromatic heterocycles. The lowest BCUT2D eigenvalue weighted by molar-refractivity contribution is -0.138. The molecule has 1 unspecified atom stereocenters. The molecule has 0 spiro atoms. The van der Waals surface area contributed by atoms with E-state index in [-0.39, 0.29) is 5.84 Å². The Bertz CT molecular complexity index is 226. The molecule has 0 aromatic rings. The van der Waals surface area contributed by atoms with Gasteiger partial charge in [-0.25, -0.2) is 4.39 Å². The normalized spacial score (nSPS) is 13.9. The number of nitrogens with two attached hydrogens (primary N) is 2. The number of alkyl halides is 1. The maximum Gasteiger partial charge on any atom is 0.320 e. The monoisotopic (exact) mass is 237 g/mol. The van der Waals surface area contributed by atoms with E-state index in [1.54, 1.807) is 0 Å². The van der Waals surface area contributed by atoms with E-state index in [1.165, 1.54) is 11.8 Å². The first kappa shape index (κ1) is 14.2. The number of carboxylic acids is 1. The molecule has 0 radical (unpaired) electrons. The van der Waals surface area contributed by atoms with Crippen LogP contribution in [0, 0.1) is 0 Å². The van der Waals surface area contributed by atoms with E-state index in [2.05, 4.69) is 4.99 Å². The third-order valence-electron chi connectivity index (χ3n) is 1.58. The van der Waals surface area contributed by atoms with Crippen molar-refractivity contribution in [1.29, 1.82) is 0 Å². The maximum atomic E-state index is 11.8. The standard InChI is InChI=1S/C8H16FN3O2S/c9-5-7(11)12-2-4-15-3-1-6(10)8(13)14/h6H,1-5,10H2,(H2,11,12)(H,13,14). The summed E-state index contributed by atoms with van der Waals surface area (Å²) in [5.41, 5.74) is 10.4. The first-order valence-electron chi connectivity index (χ1n) is 4.48. The Kier molecular flexibility index (Phi) is 8.02. The van der Waals surface area contributed by atoms with Gasteiger partial charge < -0.3 is 16.6 Å². The summed E-state index contributed by atoms with van der Waals surface area (Å²) in [5, 5.41) is 8.48. The van der Waals surface area contributed by atoms with Gasteiger partial charge in [0.15, 0.2) is 0 Å². The molecule has 0 bridgehead atoms. The summed E-state index contributed by atoms with van der Waals surface area (Å²) in [4.78, 5) is 14.1. The van der Waals surface area contributed by atoms with Gasteiger partial charge in [0.1, 0.15) is 18.6 Å². The van der Waals surface area contributed by atoms with E-state index >= 15 is 0 Å². The largest absolute Gasteiger partial charge is 0.480 e. The zero-order chi connectivity index (χ0) is 11.7. The van der Waals surface area contributed by atoms with Crippen molar-refractivity contribution in [2.45, 2.75) is 12.5 Å². The van der Waals surface area contributed by atoms with Crippen LogP contribution < -0.4 is 11.5 Å². The molecule has 1 atom stereocenters. The van der Waals surface area contributed by atoms with Gasteiger partial charge in [0.2, 0.25) is 0 Å². The lowest BCUT2D eigenvalue weighted by atomic mass is 10.2. The van der Waals surface area contributed by atoms with Crippen LogP contribution in [-0.2, 0) is 4.79 Å². The van der Waals surface area contributed by atoms with Crippen LogP contribution in [0.4, 0.5) is 4.39 Å². The summed E-state index contributed by atoms with van der Waals surface area (Å²) in [6.45, 7) is -0.280. The van der Waals surface area contributed by atoms with Crippen molar-refractivity contribution >= 4 is 23.6 Å². The van der Waals surface area contributed by atoms with Crippen molar-refractivity contribution < 1.29 is 14.3 Å². The summed E-state index contributed by atoms with van der Waals surface area (Å²) in [7, 11) is 0. The predicted octanol–water partition coefficient (Wildman–Crippen LogP) is -0.152. The Morgan fingerprint density at radius 3 is 2.73 bits per heavy atom. The molecule has 5 N–H and O–H groups in total. The Morgan fingerprint density at radius 2 is 2.20 bits per heavy atom. The molecular weight excluding hydrogens is 221 g/mol. The molecule has 15 heavy (non-hydrogen) atoms. The minimum absolute atomic E-state index is 0.00200. The lowest BCUT2D eigenvalue weighted by Gasteiger charge is -2.04. The second kappa shape index (κ2) is 8.49. The van der Waals surface area contributed by atoms with Crippen LogP contribution in [0.15, 0.2) is 4.99 Å². The average Bonchev–Trinajstić information content (AvgIpc) is 2.22. The van der Waals surface area contributed by atoms with Gasteiger partial charge in [-0.2, -0.15) is 11.8 Å². The molecule has 0 fully saturated rings. The van der Waals surface area contributed by atoms with Gasteiger partial charge >= 0.3 is 5.97 Å². The first-order chi connectivity index (χ1) is 7.07. The van der Waals surface area contributed by atoms with E-state index < -0.39 is 18.7 Å². The minimum Gasteiger partial charge on any atom is -0.480 e. The van der Waals surface area contributed by atoms with Gasteiger partial charge in [-0.15, -0.1) is 0 Å². The number of carboxylic acid groups (broad SMARTS) is 1. The topological polar surface area (TPSA) is 102 Å². The number of aliphatic carboxylic acids is 1. The fourth-order valence-corrected chi connectivity index (χ4v) is 1.58. The fraction of sp³-hybridized carbons (Fsp3) is 0.750. The molecule has 0 aliphatic carbocycles. The van der Waals surface area contributed by atoms with E-state index in [0.717, 1.165) is 0 Å². The summed E-state index contributed by atoms with van der Waals surface area (Å²) < 4.78 is 11.8. The van der Waals surface area contributed by atoms with Crippen LogP contribution in [0.1, 0.15) is 6.42 Å². The van der Waals surface area contributed by atoms with Crippen molar-refractivity contribution in [3.05, 3.63) is 0 Å². The SMILES string of the molecule is NC(CF)=NCCSCCC(N)C(=O)O. The van der Waals surface area contributed by atoms with Gasteiger partial charge in [-0.05, 0) is 12.2 Å². The number of hydrogen-bond donors (Lipinski definition) is 3. The molecule has 0 aliphatic heterocycles.